The molecule has 0 atom stereocenters. The summed E-state index contributed by atoms with van der Waals surface area (Å²) < 4.78 is 4.98. The molecule has 1 aromatic carbocycles. The van der Waals surface area contributed by atoms with E-state index in [9.17, 15) is 9.59 Å². The zero-order valence-corrected chi connectivity index (χ0v) is 15.4. The number of ether oxygens (including phenoxy) is 1. The fraction of sp³-hybridized carbons (Fsp3) is 0.167. The SMILES string of the molecule is CCOC(=O)c1cccc(NC(=O)c2sc(-c3ccsc3)nc2C)c1. The van der Waals surface area contributed by atoms with E-state index in [0.717, 1.165) is 10.6 Å². The van der Waals surface area contributed by atoms with Crippen molar-refractivity contribution in [2.75, 3.05) is 11.9 Å². The maximum Gasteiger partial charge on any atom is 0.338 e. The molecular weight excluding hydrogens is 356 g/mol. The van der Waals surface area contributed by atoms with E-state index < -0.39 is 5.97 Å². The zero-order chi connectivity index (χ0) is 17.8. The van der Waals surface area contributed by atoms with Gasteiger partial charge in [0.25, 0.3) is 5.91 Å². The lowest BCUT2D eigenvalue weighted by Crippen LogP contribution is -2.12. The number of anilines is 1. The highest BCUT2D eigenvalue weighted by atomic mass is 32.1. The predicted octanol–water partition coefficient (Wildman–Crippen LogP) is 4.61. The molecule has 0 fully saturated rings. The second kappa shape index (κ2) is 7.58. The van der Waals surface area contributed by atoms with Gasteiger partial charge < -0.3 is 10.1 Å². The minimum Gasteiger partial charge on any atom is -0.462 e. The summed E-state index contributed by atoms with van der Waals surface area (Å²) in [5.41, 5.74) is 2.65. The van der Waals surface area contributed by atoms with Gasteiger partial charge in [-0.15, -0.1) is 11.3 Å². The summed E-state index contributed by atoms with van der Waals surface area (Å²) in [5.74, 6) is -0.648. The number of hydrogen-bond donors (Lipinski definition) is 1. The minimum absolute atomic E-state index is 0.238. The predicted molar refractivity (Wildman–Crippen MR) is 101 cm³/mol. The van der Waals surface area contributed by atoms with Crippen LogP contribution < -0.4 is 5.32 Å². The van der Waals surface area contributed by atoms with Crippen LogP contribution >= 0.6 is 22.7 Å². The first kappa shape index (κ1) is 17.3. The standard InChI is InChI=1S/C18H16N2O3S2/c1-3-23-18(22)12-5-4-6-14(9-12)20-16(21)15-11(2)19-17(25-15)13-7-8-24-10-13/h4-10H,3H2,1-2H3,(H,20,21). The normalized spacial score (nSPS) is 10.5. The number of thiazole rings is 1. The van der Waals surface area contributed by atoms with Gasteiger partial charge in [-0.1, -0.05) is 6.07 Å². The van der Waals surface area contributed by atoms with Gasteiger partial charge >= 0.3 is 5.97 Å². The summed E-state index contributed by atoms with van der Waals surface area (Å²) in [6.45, 7) is 3.87. The van der Waals surface area contributed by atoms with Gasteiger partial charge in [0, 0.05) is 16.6 Å². The van der Waals surface area contributed by atoms with Crippen LogP contribution in [0.5, 0.6) is 0 Å². The number of nitrogens with zero attached hydrogens (tertiary/aromatic N) is 1. The lowest BCUT2D eigenvalue weighted by molar-refractivity contribution is 0.0526. The first-order valence-corrected chi connectivity index (χ1v) is 9.43. The molecule has 0 bridgehead atoms. The maximum absolute atomic E-state index is 12.6. The van der Waals surface area contributed by atoms with Crippen LogP contribution in [-0.2, 0) is 4.74 Å². The van der Waals surface area contributed by atoms with E-state index in [0.29, 0.717) is 28.4 Å². The van der Waals surface area contributed by atoms with Crippen molar-refractivity contribution in [1.29, 1.82) is 0 Å². The summed E-state index contributed by atoms with van der Waals surface area (Å²) in [5, 5.41) is 7.63. The molecule has 3 aromatic rings. The summed E-state index contributed by atoms with van der Waals surface area (Å²) in [7, 11) is 0. The number of aryl methyl sites for hydroxylation is 1. The Morgan fingerprint density at radius 1 is 1.28 bits per heavy atom. The Morgan fingerprint density at radius 2 is 2.12 bits per heavy atom. The molecule has 0 radical (unpaired) electrons. The van der Waals surface area contributed by atoms with Gasteiger partial charge in [0.15, 0.2) is 0 Å². The van der Waals surface area contributed by atoms with Crippen LogP contribution in [-0.4, -0.2) is 23.5 Å². The van der Waals surface area contributed by atoms with Crippen molar-refractivity contribution in [3.63, 3.8) is 0 Å². The highest BCUT2D eigenvalue weighted by Gasteiger charge is 2.17. The molecule has 2 heterocycles. The number of carbonyl (C=O) groups is 2. The number of esters is 1. The summed E-state index contributed by atoms with van der Waals surface area (Å²) >= 11 is 2.95. The molecule has 0 unspecified atom stereocenters. The van der Waals surface area contributed by atoms with Gasteiger partial charge in [0.1, 0.15) is 9.88 Å². The molecule has 0 aliphatic heterocycles. The van der Waals surface area contributed by atoms with Crippen molar-refractivity contribution >= 4 is 40.2 Å². The number of nitrogens with one attached hydrogen (secondary N) is 1. The molecule has 0 saturated heterocycles. The number of hydrogen-bond acceptors (Lipinski definition) is 6. The smallest absolute Gasteiger partial charge is 0.338 e. The quantitative estimate of drug-likeness (QED) is 0.664. The lowest BCUT2D eigenvalue weighted by atomic mass is 10.2. The Bertz CT molecular complexity index is 901. The zero-order valence-electron chi connectivity index (χ0n) is 13.7. The number of carbonyl (C=O) groups excluding carboxylic acids is 2. The van der Waals surface area contributed by atoms with Gasteiger partial charge in [-0.3, -0.25) is 4.79 Å². The second-order valence-corrected chi connectivity index (χ2v) is 6.98. The van der Waals surface area contributed by atoms with Crippen LogP contribution in [0.25, 0.3) is 10.6 Å². The summed E-state index contributed by atoms with van der Waals surface area (Å²) in [6.07, 6.45) is 0. The van der Waals surface area contributed by atoms with Crippen LogP contribution in [0.4, 0.5) is 5.69 Å². The molecule has 25 heavy (non-hydrogen) atoms. The third kappa shape index (κ3) is 3.94. The maximum atomic E-state index is 12.6. The van der Waals surface area contributed by atoms with E-state index >= 15 is 0 Å². The lowest BCUT2D eigenvalue weighted by Gasteiger charge is -2.06. The number of benzene rings is 1. The highest BCUT2D eigenvalue weighted by Crippen LogP contribution is 2.30. The van der Waals surface area contributed by atoms with Crippen LogP contribution in [0.1, 0.15) is 32.6 Å². The largest absolute Gasteiger partial charge is 0.462 e. The Morgan fingerprint density at radius 3 is 2.84 bits per heavy atom. The van der Waals surface area contributed by atoms with Crippen molar-refractivity contribution in [2.45, 2.75) is 13.8 Å². The van der Waals surface area contributed by atoms with Crippen LogP contribution in [0.15, 0.2) is 41.1 Å². The molecular formula is C18H16N2O3S2. The number of amides is 1. The van der Waals surface area contributed by atoms with Gasteiger partial charge in [-0.05, 0) is 43.5 Å². The Labute approximate surface area is 153 Å². The van der Waals surface area contributed by atoms with Crippen molar-refractivity contribution in [2.24, 2.45) is 0 Å². The molecule has 128 valence electrons. The van der Waals surface area contributed by atoms with E-state index in [-0.39, 0.29) is 5.91 Å². The van der Waals surface area contributed by atoms with Gasteiger partial charge in [0.2, 0.25) is 0 Å². The van der Waals surface area contributed by atoms with Crippen LogP contribution in [0.2, 0.25) is 0 Å². The minimum atomic E-state index is -0.410. The molecule has 0 aliphatic rings. The first-order chi connectivity index (χ1) is 12.1. The van der Waals surface area contributed by atoms with E-state index in [1.54, 1.807) is 42.5 Å². The van der Waals surface area contributed by atoms with E-state index in [2.05, 4.69) is 10.3 Å². The average Bonchev–Trinajstić information content (AvgIpc) is 3.24. The molecule has 2 aromatic heterocycles. The van der Waals surface area contributed by atoms with Crippen LogP contribution in [0.3, 0.4) is 0 Å². The summed E-state index contributed by atoms with van der Waals surface area (Å²) in [6, 6.07) is 8.68. The monoisotopic (exact) mass is 372 g/mol. The first-order valence-electron chi connectivity index (χ1n) is 7.67. The van der Waals surface area contributed by atoms with Gasteiger partial charge in [-0.25, -0.2) is 9.78 Å². The fourth-order valence-corrected chi connectivity index (χ4v) is 3.92. The van der Waals surface area contributed by atoms with Crippen molar-refractivity contribution in [3.05, 3.63) is 57.2 Å². The van der Waals surface area contributed by atoms with Crippen molar-refractivity contribution in [3.8, 4) is 10.6 Å². The molecule has 0 saturated carbocycles. The number of rotatable bonds is 5. The van der Waals surface area contributed by atoms with Crippen LogP contribution in [0, 0.1) is 6.92 Å². The molecule has 5 nitrogen and oxygen atoms in total. The fourth-order valence-electron chi connectivity index (χ4n) is 2.24. The summed E-state index contributed by atoms with van der Waals surface area (Å²) in [4.78, 5) is 29.4. The molecule has 1 amide bonds. The van der Waals surface area contributed by atoms with Crippen molar-refractivity contribution < 1.29 is 14.3 Å². The third-order valence-electron chi connectivity index (χ3n) is 3.40. The molecule has 7 heteroatoms. The number of aromatic nitrogens is 1. The molecule has 1 N–H and O–H groups in total. The van der Waals surface area contributed by atoms with Gasteiger partial charge in [-0.2, -0.15) is 11.3 Å². The van der Waals surface area contributed by atoms with Gasteiger partial charge in [0.05, 0.1) is 17.9 Å². The third-order valence-corrected chi connectivity index (χ3v) is 5.29. The van der Waals surface area contributed by atoms with E-state index in [1.165, 1.54) is 11.3 Å². The highest BCUT2D eigenvalue weighted by molar-refractivity contribution is 7.17. The average molecular weight is 372 g/mol. The number of thiophene rings is 1. The molecule has 3 rings (SSSR count). The Hall–Kier alpha value is -2.51. The van der Waals surface area contributed by atoms with E-state index in [1.807, 2.05) is 23.8 Å². The Balaban J connectivity index is 1.79. The second-order valence-electron chi connectivity index (χ2n) is 5.20. The Kier molecular flexibility index (Phi) is 5.25. The topological polar surface area (TPSA) is 68.3 Å². The molecule has 0 spiro atoms. The molecule has 0 aliphatic carbocycles. The van der Waals surface area contributed by atoms with E-state index in [4.69, 9.17) is 4.74 Å². The van der Waals surface area contributed by atoms with Crippen molar-refractivity contribution in [1.82, 2.24) is 4.98 Å².